The maximum atomic E-state index is 9.71. The molecule has 0 bridgehead atoms. The highest BCUT2D eigenvalue weighted by Crippen LogP contribution is 2.31. The number of nitrogens with one attached hydrogen (secondary N) is 2. The van der Waals surface area contributed by atoms with Gasteiger partial charge in [-0.1, -0.05) is 35.4 Å². The number of aromatic nitrogens is 1. The third-order valence-electron chi connectivity index (χ3n) is 5.18. The van der Waals surface area contributed by atoms with Crippen molar-refractivity contribution in [2.45, 2.75) is 48.5 Å². The van der Waals surface area contributed by atoms with Gasteiger partial charge in [-0.3, -0.25) is 0 Å². The molecule has 3 aromatic rings. The molecule has 0 aliphatic rings. The number of benzene rings is 2. The minimum Gasteiger partial charge on any atom is -0.340 e. The predicted octanol–water partition coefficient (Wildman–Crippen LogP) is 6.60. The second-order valence-electron chi connectivity index (χ2n) is 7.96. The van der Waals surface area contributed by atoms with Crippen molar-refractivity contribution < 1.29 is 0 Å². The van der Waals surface area contributed by atoms with Crippen LogP contribution >= 0.6 is 0 Å². The van der Waals surface area contributed by atoms with Crippen LogP contribution in [0.3, 0.4) is 0 Å². The summed E-state index contributed by atoms with van der Waals surface area (Å²) in [5.74, 6) is 1.30. The maximum Gasteiger partial charge on any atom is 0.151 e. The first-order chi connectivity index (χ1) is 13.7. The van der Waals surface area contributed by atoms with E-state index < -0.39 is 0 Å². The van der Waals surface area contributed by atoms with E-state index in [0.29, 0.717) is 11.4 Å². The first-order valence-corrected chi connectivity index (χ1v) is 9.81. The normalized spacial score (nSPS) is 10.6. The highest BCUT2D eigenvalue weighted by Gasteiger charge is 2.14. The summed E-state index contributed by atoms with van der Waals surface area (Å²) in [6.45, 7) is 14.5. The second kappa shape index (κ2) is 7.97. The van der Waals surface area contributed by atoms with Gasteiger partial charge in [-0.15, -0.1) is 0 Å². The van der Waals surface area contributed by atoms with Crippen LogP contribution in [0.15, 0.2) is 30.3 Å². The highest BCUT2D eigenvalue weighted by atomic mass is 15.1. The topological polar surface area (TPSA) is 60.7 Å². The van der Waals surface area contributed by atoms with Crippen LogP contribution < -0.4 is 10.6 Å². The standard InChI is InChI=1S/C25H28N4/c1-14-8-17(4)23(18(5)9-14)27-22-12-16(3)21(13-26)25(28-22)29-24-19(6)10-15(2)11-20(24)7/h8-12H,1-7H3,(H2,27,28,29). The van der Waals surface area contributed by atoms with Crippen molar-refractivity contribution >= 4 is 23.0 Å². The highest BCUT2D eigenvalue weighted by molar-refractivity contribution is 5.73. The SMILES string of the molecule is Cc1cc(C)c(Nc2cc(C)c(C#N)c(Nc3c(C)cc(C)cc3C)n2)c(C)c1. The molecule has 0 fully saturated rings. The van der Waals surface area contributed by atoms with E-state index in [-0.39, 0.29) is 0 Å². The zero-order valence-electron chi connectivity index (χ0n) is 18.3. The number of anilines is 4. The summed E-state index contributed by atoms with van der Waals surface area (Å²) in [6.07, 6.45) is 0. The van der Waals surface area contributed by atoms with E-state index in [0.717, 1.165) is 33.9 Å². The molecule has 29 heavy (non-hydrogen) atoms. The summed E-state index contributed by atoms with van der Waals surface area (Å²) in [4.78, 5) is 4.76. The molecule has 1 aromatic heterocycles. The van der Waals surface area contributed by atoms with Gasteiger partial charge in [0.25, 0.3) is 0 Å². The third-order valence-corrected chi connectivity index (χ3v) is 5.18. The van der Waals surface area contributed by atoms with Gasteiger partial charge in [0.05, 0.1) is 5.56 Å². The van der Waals surface area contributed by atoms with E-state index in [2.05, 4.69) is 82.5 Å². The van der Waals surface area contributed by atoms with Crippen LogP contribution in [0.4, 0.5) is 23.0 Å². The van der Waals surface area contributed by atoms with Crippen LogP contribution in [0, 0.1) is 59.8 Å². The Morgan fingerprint density at radius 2 is 1.10 bits per heavy atom. The molecule has 3 rings (SSSR count). The number of hydrogen-bond donors (Lipinski definition) is 2. The number of aryl methyl sites for hydroxylation is 7. The van der Waals surface area contributed by atoms with Crippen molar-refractivity contribution in [1.29, 1.82) is 5.26 Å². The summed E-state index contributed by atoms with van der Waals surface area (Å²) in [6, 6.07) is 12.8. The van der Waals surface area contributed by atoms with Crippen molar-refractivity contribution in [3.05, 3.63) is 74.8 Å². The molecule has 1 heterocycles. The number of nitriles is 1. The largest absolute Gasteiger partial charge is 0.340 e. The Bertz CT molecular complexity index is 1090. The van der Waals surface area contributed by atoms with Gasteiger partial charge in [0.15, 0.2) is 5.82 Å². The van der Waals surface area contributed by atoms with Crippen molar-refractivity contribution in [3.8, 4) is 6.07 Å². The lowest BCUT2D eigenvalue weighted by Gasteiger charge is -2.18. The molecule has 0 saturated carbocycles. The maximum absolute atomic E-state index is 9.71. The fourth-order valence-corrected chi connectivity index (χ4v) is 3.97. The average Bonchev–Trinajstić information content (AvgIpc) is 2.61. The molecule has 0 spiro atoms. The van der Waals surface area contributed by atoms with Crippen molar-refractivity contribution in [2.24, 2.45) is 0 Å². The fourth-order valence-electron chi connectivity index (χ4n) is 3.97. The van der Waals surface area contributed by atoms with Crippen LogP contribution in [0.25, 0.3) is 0 Å². The van der Waals surface area contributed by atoms with Crippen LogP contribution in [-0.2, 0) is 0 Å². The average molecular weight is 385 g/mol. The molecule has 0 amide bonds. The van der Waals surface area contributed by atoms with E-state index in [1.807, 2.05) is 13.0 Å². The van der Waals surface area contributed by atoms with Crippen molar-refractivity contribution in [2.75, 3.05) is 10.6 Å². The predicted molar refractivity (Wildman–Crippen MR) is 122 cm³/mol. The summed E-state index contributed by atoms with van der Waals surface area (Å²) in [5, 5.41) is 16.6. The van der Waals surface area contributed by atoms with E-state index in [4.69, 9.17) is 4.98 Å². The molecule has 0 atom stereocenters. The van der Waals surface area contributed by atoms with Gasteiger partial charge in [-0.2, -0.15) is 5.26 Å². The number of rotatable bonds is 4. The zero-order valence-corrected chi connectivity index (χ0v) is 18.3. The molecule has 4 nitrogen and oxygen atoms in total. The van der Waals surface area contributed by atoms with E-state index >= 15 is 0 Å². The van der Waals surface area contributed by atoms with Crippen LogP contribution in [0.5, 0.6) is 0 Å². The van der Waals surface area contributed by atoms with Crippen molar-refractivity contribution in [3.63, 3.8) is 0 Å². The molecular weight excluding hydrogens is 356 g/mol. The van der Waals surface area contributed by atoms with E-state index in [1.165, 1.54) is 22.3 Å². The lowest BCUT2D eigenvalue weighted by atomic mass is 10.0. The Labute approximate surface area is 173 Å². The Morgan fingerprint density at radius 3 is 1.55 bits per heavy atom. The van der Waals surface area contributed by atoms with E-state index in [9.17, 15) is 5.26 Å². The van der Waals surface area contributed by atoms with Gasteiger partial charge < -0.3 is 10.6 Å². The van der Waals surface area contributed by atoms with Gasteiger partial charge in [-0.25, -0.2) is 4.98 Å². The Balaban J connectivity index is 2.06. The second-order valence-corrected chi connectivity index (χ2v) is 7.96. The lowest BCUT2D eigenvalue weighted by Crippen LogP contribution is -2.06. The van der Waals surface area contributed by atoms with Crippen LogP contribution in [-0.4, -0.2) is 4.98 Å². The molecule has 4 heteroatoms. The molecule has 0 aliphatic heterocycles. The first-order valence-electron chi connectivity index (χ1n) is 9.81. The Hall–Kier alpha value is -3.32. The molecule has 0 unspecified atom stereocenters. The molecule has 0 saturated heterocycles. The molecule has 148 valence electrons. The minimum atomic E-state index is 0.562. The molecule has 2 N–H and O–H groups in total. The van der Waals surface area contributed by atoms with Gasteiger partial charge in [0, 0.05) is 11.4 Å². The summed E-state index contributed by atoms with van der Waals surface area (Å²) >= 11 is 0. The van der Waals surface area contributed by atoms with Crippen LogP contribution in [0.2, 0.25) is 0 Å². The summed E-state index contributed by atoms with van der Waals surface area (Å²) in [7, 11) is 0. The van der Waals surface area contributed by atoms with Gasteiger partial charge >= 0.3 is 0 Å². The minimum absolute atomic E-state index is 0.562. The number of hydrogen-bond acceptors (Lipinski definition) is 4. The first kappa shape index (κ1) is 20.4. The van der Waals surface area contributed by atoms with Crippen molar-refractivity contribution in [1.82, 2.24) is 4.98 Å². The summed E-state index contributed by atoms with van der Waals surface area (Å²) < 4.78 is 0. The van der Waals surface area contributed by atoms with Crippen LogP contribution in [0.1, 0.15) is 44.5 Å². The van der Waals surface area contributed by atoms with Gasteiger partial charge in [-0.05, 0) is 82.3 Å². The molecule has 0 aliphatic carbocycles. The Morgan fingerprint density at radius 1 is 0.655 bits per heavy atom. The number of nitrogens with zero attached hydrogens (tertiary/aromatic N) is 2. The zero-order chi connectivity index (χ0) is 21.3. The number of pyridine rings is 1. The van der Waals surface area contributed by atoms with E-state index in [1.54, 1.807) is 0 Å². The lowest BCUT2D eigenvalue weighted by molar-refractivity contribution is 1.21. The molecule has 2 aromatic carbocycles. The summed E-state index contributed by atoms with van der Waals surface area (Å²) in [5.41, 5.74) is 10.6. The smallest absolute Gasteiger partial charge is 0.151 e. The van der Waals surface area contributed by atoms with Gasteiger partial charge in [0.1, 0.15) is 11.9 Å². The fraction of sp³-hybridized carbons (Fsp3) is 0.280. The monoisotopic (exact) mass is 384 g/mol. The quantitative estimate of drug-likeness (QED) is 0.532. The van der Waals surface area contributed by atoms with Gasteiger partial charge in [0.2, 0.25) is 0 Å². The molecular formula is C25H28N4. The molecule has 0 radical (unpaired) electrons. The third kappa shape index (κ3) is 4.25. The Kier molecular flexibility index (Phi) is 5.61.